The third-order valence-electron chi connectivity index (χ3n) is 6.08. The maximum absolute atomic E-state index is 13.9. The summed E-state index contributed by atoms with van der Waals surface area (Å²) in [6, 6.07) is 26.3. The molecular formula is C26H17Cl2N3O. The average molecular weight is 458 g/mol. The van der Waals surface area contributed by atoms with Gasteiger partial charge in [-0.25, -0.2) is 4.98 Å². The molecule has 0 saturated carbocycles. The first kappa shape index (κ1) is 19.4. The number of carbonyl (C=O) groups is 1. The van der Waals surface area contributed by atoms with Crippen molar-refractivity contribution in [1.29, 1.82) is 0 Å². The van der Waals surface area contributed by atoms with E-state index in [2.05, 4.69) is 16.7 Å². The Bertz CT molecular complexity index is 1470. The van der Waals surface area contributed by atoms with Crippen LogP contribution in [0.15, 0.2) is 91.1 Å². The zero-order chi connectivity index (χ0) is 21.8. The third-order valence-corrected chi connectivity index (χ3v) is 6.81. The number of rotatable bonds is 3. The van der Waals surface area contributed by atoms with E-state index in [1.807, 2.05) is 77.5 Å². The Morgan fingerprint density at radius 2 is 1.53 bits per heavy atom. The number of aromatic nitrogens is 3. The van der Waals surface area contributed by atoms with Crippen LogP contribution in [-0.4, -0.2) is 19.9 Å². The summed E-state index contributed by atoms with van der Waals surface area (Å²) < 4.78 is 4.17. The molecule has 1 aliphatic heterocycles. The van der Waals surface area contributed by atoms with Crippen LogP contribution < -0.4 is 0 Å². The molecule has 32 heavy (non-hydrogen) atoms. The SMILES string of the molecule is O=C(c1ccccc1)[C@H]1[C@H](c2ccccc2)n2c(nc3cc(Cl)c(Cl)cc32)-c2cccn21. The summed E-state index contributed by atoms with van der Waals surface area (Å²) in [6.07, 6.45) is 1.96. The minimum atomic E-state index is -0.482. The first-order valence-corrected chi connectivity index (χ1v) is 11.1. The molecule has 0 amide bonds. The molecule has 0 saturated heterocycles. The number of ketones is 1. The van der Waals surface area contributed by atoms with Crippen molar-refractivity contribution >= 4 is 40.0 Å². The number of nitrogens with zero attached hydrogens (tertiary/aromatic N) is 3. The lowest BCUT2D eigenvalue weighted by atomic mass is 9.90. The second kappa shape index (κ2) is 7.37. The van der Waals surface area contributed by atoms with Crippen molar-refractivity contribution in [2.24, 2.45) is 0 Å². The van der Waals surface area contributed by atoms with Crippen molar-refractivity contribution in [3.8, 4) is 11.5 Å². The van der Waals surface area contributed by atoms with Gasteiger partial charge in [-0.3, -0.25) is 4.79 Å². The molecule has 5 aromatic rings. The molecule has 0 radical (unpaired) electrons. The lowest BCUT2D eigenvalue weighted by Gasteiger charge is -2.35. The number of halogens is 2. The van der Waals surface area contributed by atoms with Gasteiger partial charge >= 0.3 is 0 Å². The normalized spacial score (nSPS) is 17.2. The molecule has 4 nitrogen and oxygen atoms in total. The van der Waals surface area contributed by atoms with E-state index in [1.54, 1.807) is 6.07 Å². The zero-order valence-corrected chi connectivity index (χ0v) is 18.3. The highest BCUT2D eigenvalue weighted by Gasteiger charge is 2.40. The van der Waals surface area contributed by atoms with E-state index < -0.39 is 6.04 Å². The van der Waals surface area contributed by atoms with E-state index in [9.17, 15) is 4.79 Å². The molecule has 1 aliphatic rings. The molecular weight excluding hydrogens is 441 g/mol. The smallest absolute Gasteiger partial charge is 0.188 e. The molecule has 3 aromatic carbocycles. The van der Waals surface area contributed by atoms with Crippen LogP contribution in [0, 0.1) is 0 Å². The Morgan fingerprint density at radius 3 is 2.28 bits per heavy atom. The van der Waals surface area contributed by atoms with Crippen LogP contribution in [0.5, 0.6) is 0 Å². The van der Waals surface area contributed by atoms with Gasteiger partial charge < -0.3 is 9.13 Å². The van der Waals surface area contributed by atoms with Crippen LogP contribution in [0.2, 0.25) is 10.0 Å². The molecule has 3 heterocycles. The standard InChI is InChI=1S/C26H17Cl2N3O/c27-18-14-20-22(15-19(18)28)31-23(16-8-3-1-4-9-16)24(25(32)17-10-5-2-6-11-17)30-13-7-12-21(30)26(31)29-20/h1-15,23-24H/t23-,24+/m0/s1. The molecule has 0 bridgehead atoms. The van der Waals surface area contributed by atoms with E-state index in [1.165, 1.54) is 0 Å². The quantitative estimate of drug-likeness (QED) is 0.278. The van der Waals surface area contributed by atoms with Crippen LogP contribution in [0.25, 0.3) is 22.6 Å². The second-order valence-electron chi connectivity index (χ2n) is 7.89. The summed E-state index contributed by atoms with van der Waals surface area (Å²) >= 11 is 12.7. The summed E-state index contributed by atoms with van der Waals surface area (Å²) in [4.78, 5) is 18.8. The van der Waals surface area contributed by atoms with E-state index in [-0.39, 0.29) is 11.8 Å². The Kier molecular flexibility index (Phi) is 4.46. The van der Waals surface area contributed by atoms with Crippen molar-refractivity contribution in [2.75, 3.05) is 0 Å². The highest BCUT2D eigenvalue weighted by molar-refractivity contribution is 6.42. The van der Waals surface area contributed by atoms with Gasteiger partial charge in [-0.15, -0.1) is 0 Å². The summed E-state index contributed by atoms with van der Waals surface area (Å²) in [5.41, 5.74) is 4.17. The number of imidazole rings is 1. The van der Waals surface area contributed by atoms with Crippen molar-refractivity contribution in [3.63, 3.8) is 0 Å². The molecule has 0 fully saturated rings. The van der Waals surface area contributed by atoms with E-state index in [0.717, 1.165) is 28.1 Å². The number of hydrogen-bond donors (Lipinski definition) is 0. The van der Waals surface area contributed by atoms with Gasteiger partial charge in [0.25, 0.3) is 0 Å². The van der Waals surface area contributed by atoms with Crippen molar-refractivity contribution < 1.29 is 4.79 Å². The van der Waals surface area contributed by atoms with Crippen LogP contribution >= 0.6 is 23.2 Å². The summed E-state index contributed by atoms with van der Waals surface area (Å²) in [5.74, 6) is 0.832. The van der Waals surface area contributed by atoms with Gasteiger partial charge in [-0.05, 0) is 29.8 Å². The fourth-order valence-corrected chi connectivity index (χ4v) is 5.01. The molecule has 2 atom stereocenters. The molecule has 0 aliphatic carbocycles. The molecule has 0 N–H and O–H groups in total. The summed E-state index contributed by atoms with van der Waals surface area (Å²) in [6.45, 7) is 0. The van der Waals surface area contributed by atoms with Crippen LogP contribution in [-0.2, 0) is 0 Å². The third kappa shape index (κ3) is 2.84. The fraction of sp³-hybridized carbons (Fsp3) is 0.0769. The largest absolute Gasteiger partial charge is 0.332 e. The lowest BCUT2D eigenvalue weighted by molar-refractivity contribution is 0.0895. The topological polar surface area (TPSA) is 39.8 Å². The van der Waals surface area contributed by atoms with E-state index in [4.69, 9.17) is 28.2 Å². The van der Waals surface area contributed by atoms with Crippen LogP contribution in [0.1, 0.15) is 28.0 Å². The Hall–Kier alpha value is -3.34. The highest BCUT2D eigenvalue weighted by Crippen LogP contribution is 2.45. The van der Waals surface area contributed by atoms with Gasteiger partial charge in [0.2, 0.25) is 0 Å². The summed E-state index contributed by atoms with van der Waals surface area (Å²) in [5, 5.41) is 0.915. The van der Waals surface area contributed by atoms with Gasteiger partial charge in [0, 0.05) is 11.8 Å². The molecule has 0 unspecified atom stereocenters. The van der Waals surface area contributed by atoms with Crippen molar-refractivity contribution in [3.05, 3.63) is 112 Å². The molecule has 6 rings (SSSR count). The number of hydrogen-bond acceptors (Lipinski definition) is 2. The number of benzene rings is 3. The van der Waals surface area contributed by atoms with Crippen molar-refractivity contribution in [2.45, 2.75) is 12.1 Å². The molecule has 2 aromatic heterocycles. The van der Waals surface area contributed by atoms with Crippen LogP contribution in [0.4, 0.5) is 0 Å². The maximum Gasteiger partial charge on any atom is 0.188 e. The number of Topliss-reactive ketones (excluding diaryl/α,β-unsaturated/α-hetero) is 1. The van der Waals surface area contributed by atoms with E-state index >= 15 is 0 Å². The molecule has 6 heteroatoms. The first-order valence-electron chi connectivity index (χ1n) is 10.3. The lowest BCUT2D eigenvalue weighted by Crippen LogP contribution is -2.34. The maximum atomic E-state index is 13.9. The van der Waals surface area contributed by atoms with Gasteiger partial charge in [0.15, 0.2) is 11.6 Å². The average Bonchev–Trinajstić information content (AvgIpc) is 3.44. The number of fused-ring (bicyclic) bond motifs is 5. The van der Waals surface area contributed by atoms with E-state index in [0.29, 0.717) is 15.6 Å². The van der Waals surface area contributed by atoms with Crippen LogP contribution in [0.3, 0.4) is 0 Å². The molecule has 0 spiro atoms. The highest BCUT2D eigenvalue weighted by atomic mass is 35.5. The minimum Gasteiger partial charge on any atom is -0.332 e. The van der Waals surface area contributed by atoms with Gasteiger partial charge in [0.05, 0.1) is 32.8 Å². The van der Waals surface area contributed by atoms with Gasteiger partial charge in [-0.1, -0.05) is 83.9 Å². The minimum absolute atomic E-state index is 0.0458. The summed E-state index contributed by atoms with van der Waals surface area (Å²) in [7, 11) is 0. The van der Waals surface area contributed by atoms with Gasteiger partial charge in [-0.2, -0.15) is 0 Å². The second-order valence-corrected chi connectivity index (χ2v) is 8.71. The Morgan fingerprint density at radius 1 is 0.844 bits per heavy atom. The number of carbonyl (C=O) groups excluding carboxylic acids is 1. The first-order chi connectivity index (χ1) is 15.6. The zero-order valence-electron chi connectivity index (χ0n) is 16.8. The predicted molar refractivity (Wildman–Crippen MR) is 128 cm³/mol. The van der Waals surface area contributed by atoms with Gasteiger partial charge in [0.1, 0.15) is 6.04 Å². The molecule has 156 valence electrons. The van der Waals surface area contributed by atoms with Crippen molar-refractivity contribution in [1.82, 2.24) is 14.1 Å². The Labute approximate surface area is 194 Å². The Balaban J connectivity index is 1.68. The monoisotopic (exact) mass is 457 g/mol. The predicted octanol–water partition coefficient (Wildman–Crippen LogP) is 6.84. The fourth-order valence-electron chi connectivity index (χ4n) is 4.70.